The van der Waals surface area contributed by atoms with Gasteiger partial charge in [0, 0.05) is 30.7 Å². The van der Waals surface area contributed by atoms with Gasteiger partial charge >= 0.3 is 0 Å². The van der Waals surface area contributed by atoms with E-state index in [1.807, 2.05) is 25.1 Å². The number of anilines is 1. The molecular formula is C14H21N3O2S. The number of aryl methyl sites for hydroxylation is 1. The highest BCUT2D eigenvalue weighted by molar-refractivity contribution is 7.97. The van der Waals surface area contributed by atoms with Crippen molar-refractivity contribution in [3.8, 4) is 0 Å². The first-order chi connectivity index (χ1) is 9.56. The van der Waals surface area contributed by atoms with Gasteiger partial charge in [0.15, 0.2) is 0 Å². The van der Waals surface area contributed by atoms with E-state index in [4.69, 9.17) is 10.5 Å². The van der Waals surface area contributed by atoms with Crippen LogP contribution in [0.3, 0.4) is 0 Å². The molecule has 2 N–H and O–H groups in total. The molecule has 0 aliphatic carbocycles. The van der Waals surface area contributed by atoms with Crippen LogP contribution in [0, 0.1) is 6.92 Å². The Balaban J connectivity index is 1.88. The summed E-state index contributed by atoms with van der Waals surface area (Å²) in [5.74, 6) is 0.103. The molecule has 1 aromatic rings. The molecule has 5 nitrogen and oxygen atoms in total. The molecule has 0 saturated carbocycles. The molecule has 0 unspecified atom stereocenters. The number of nitrogens with two attached hydrogens (primary N) is 1. The Labute approximate surface area is 124 Å². The van der Waals surface area contributed by atoms with E-state index in [1.54, 1.807) is 11.4 Å². The number of hydrogen-bond donors (Lipinski definition) is 1. The molecule has 0 bridgehead atoms. The second kappa shape index (κ2) is 6.97. The van der Waals surface area contributed by atoms with E-state index in [0.717, 1.165) is 29.2 Å². The lowest BCUT2D eigenvalue weighted by Gasteiger charge is -2.27. The van der Waals surface area contributed by atoms with Gasteiger partial charge < -0.3 is 10.5 Å². The SMILES string of the molecule is Cc1cc(SN(C)C(=O)CN2CCOCC2)ccc1N. The van der Waals surface area contributed by atoms with Gasteiger partial charge in [0.05, 0.1) is 19.8 Å². The quantitative estimate of drug-likeness (QED) is 0.671. The molecular weight excluding hydrogens is 274 g/mol. The standard InChI is InChI=1S/C14H21N3O2S/c1-11-9-12(3-4-13(11)15)20-16(2)14(18)10-17-5-7-19-8-6-17/h3-4,9H,5-8,10,15H2,1-2H3. The third kappa shape index (κ3) is 4.13. The van der Waals surface area contributed by atoms with Gasteiger partial charge in [0.1, 0.15) is 0 Å². The van der Waals surface area contributed by atoms with Gasteiger partial charge in [0.2, 0.25) is 5.91 Å². The van der Waals surface area contributed by atoms with Crippen molar-refractivity contribution in [1.82, 2.24) is 9.21 Å². The van der Waals surface area contributed by atoms with E-state index in [0.29, 0.717) is 19.8 Å². The number of rotatable bonds is 4. The summed E-state index contributed by atoms with van der Waals surface area (Å²) in [6.07, 6.45) is 0. The minimum absolute atomic E-state index is 0.103. The highest BCUT2D eigenvalue weighted by Gasteiger charge is 2.17. The Morgan fingerprint density at radius 2 is 2.15 bits per heavy atom. The first kappa shape index (κ1) is 15.2. The summed E-state index contributed by atoms with van der Waals surface area (Å²) < 4.78 is 6.96. The van der Waals surface area contributed by atoms with Crippen LogP contribution >= 0.6 is 11.9 Å². The van der Waals surface area contributed by atoms with Crippen LogP contribution in [-0.2, 0) is 9.53 Å². The molecule has 110 valence electrons. The van der Waals surface area contributed by atoms with Crippen LogP contribution in [0.5, 0.6) is 0 Å². The predicted octanol–water partition coefficient (Wildman–Crippen LogP) is 1.37. The van der Waals surface area contributed by atoms with Crippen LogP contribution in [-0.4, -0.2) is 55.0 Å². The van der Waals surface area contributed by atoms with Gasteiger partial charge in [-0.25, -0.2) is 0 Å². The Hall–Kier alpha value is -1.24. The zero-order valence-corrected chi connectivity index (χ0v) is 12.8. The highest BCUT2D eigenvalue weighted by atomic mass is 32.2. The number of carbonyl (C=O) groups excluding carboxylic acids is 1. The molecule has 1 aromatic carbocycles. The average Bonchev–Trinajstić information content (AvgIpc) is 2.44. The summed E-state index contributed by atoms with van der Waals surface area (Å²) in [5.41, 5.74) is 7.60. The highest BCUT2D eigenvalue weighted by Crippen LogP contribution is 2.24. The molecule has 1 aliphatic rings. The van der Waals surface area contributed by atoms with E-state index in [9.17, 15) is 4.79 Å². The van der Waals surface area contributed by atoms with Crippen LogP contribution in [0.2, 0.25) is 0 Å². The van der Waals surface area contributed by atoms with Crippen LogP contribution in [0.25, 0.3) is 0 Å². The number of amides is 1. The van der Waals surface area contributed by atoms with Gasteiger partial charge in [-0.05, 0) is 42.6 Å². The van der Waals surface area contributed by atoms with Crippen molar-refractivity contribution in [3.63, 3.8) is 0 Å². The van der Waals surface area contributed by atoms with Gasteiger partial charge in [-0.15, -0.1) is 0 Å². The Morgan fingerprint density at radius 1 is 1.45 bits per heavy atom. The van der Waals surface area contributed by atoms with E-state index in [-0.39, 0.29) is 5.91 Å². The number of hydrogen-bond acceptors (Lipinski definition) is 5. The van der Waals surface area contributed by atoms with E-state index < -0.39 is 0 Å². The van der Waals surface area contributed by atoms with Crippen molar-refractivity contribution in [2.24, 2.45) is 0 Å². The molecule has 1 heterocycles. The van der Waals surface area contributed by atoms with Crippen LogP contribution in [0.15, 0.2) is 23.1 Å². The number of morpholine rings is 1. The van der Waals surface area contributed by atoms with Gasteiger partial charge in [-0.2, -0.15) is 0 Å². The zero-order chi connectivity index (χ0) is 14.5. The molecule has 1 saturated heterocycles. The van der Waals surface area contributed by atoms with E-state index in [2.05, 4.69) is 4.90 Å². The molecule has 20 heavy (non-hydrogen) atoms. The third-order valence-electron chi connectivity index (χ3n) is 3.30. The summed E-state index contributed by atoms with van der Waals surface area (Å²) in [7, 11) is 1.80. The smallest absolute Gasteiger partial charge is 0.246 e. The lowest BCUT2D eigenvalue weighted by atomic mass is 10.2. The summed E-state index contributed by atoms with van der Waals surface area (Å²) in [4.78, 5) is 15.3. The fourth-order valence-corrected chi connectivity index (χ4v) is 2.80. The summed E-state index contributed by atoms with van der Waals surface area (Å²) in [6.45, 7) is 5.48. The summed E-state index contributed by atoms with van der Waals surface area (Å²) >= 11 is 1.43. The molecule has 0 atom stereocenters. The first-order valence-electron chi connectivity index (χ1n) is 6.67. The maximum Gasteiger partial charge on any atom is 0.246 e. The second-order valence-corrected chi connectivity index (χ2v) is 6.09. The predicted molar refractivity (Wildman–Crippen MR) is 81.5 cm³/mol. The maximum absolute atomic E-state index is 12.2. The number of ether oxygens (including phenoxy) is 1. The lowest BCUT2D eigenvalue weighted by molar-refractivity contribution is -0.127. The summed E-state index contributed by atoms with van der Waals surface area (Å²) in [6, 6.07) is 5.81. The Kier molecular flexibility index (Phi) is 5.28. The minimum Gasteiger partial charge on any atom is -0.399 e. The molecule has 1 aliphatic heterocycles. The zero-order valence-electron chi connectivity index (χ0n) is 12.0. The third-order valence-corrected chi connectivity index (χ3v) is 4.24. The summed E-state index contributed by atoms with van der Waals surface area (Å²) in [5, 5.41) is 0. The molecule has 0 spiro atoms. The van der Waals surface area contributed by atoms with Crippen molar-refractivity contribution >= 4 is 23.5 Å². The van der Waals surface area contributed by atoms with Crippen LogP contribution in [0.1, 0.15) is 5.56 Å². The number of nitrogen functional groups attached to an aromatic ring is 1. The van der Waals surface area contributed by atoms with Gasteiger partial charge in [-0.3, -0.25) is 14.0 Å². The van der Waals surface area contributed by atoms with Gasteiger partial charge in [0.25, 0.3) is 0 Å². The molecule has 1 amide bonds. The Morgan fingerprint density at radius 3 is 2.80 bits per heavy atom. The Bertz CT molecular complexity index is 475. The van der Waals surface area contributed by atoms with Crippen molar-refractivity contribution in [2.45, 2.75) is 11.8 Å². The van der Waals surface area contributed by atoms with Gasteiger partial charge in [-0.1, -0.05) is 0 Å². The van der Waals surface area contributed by atoms with Crippen LogP contribution in [0.4, 0.5) is 5.69 Å². The second-order valence-electron chi connectivity index (χ2n) is 4.89. The van der Waals surface area contributed by atoms with Crippen molar-refractivity contribution < 1.29 is 9.53 Å². The van der Waals surface area contributed by atoms with E-state index in [1.165, 1.54) is 11.9 Å². The molecule has 6 heteroatoms. The molecule has 0 aromatic heterocycles. The van der Waals surface area contributed by atoms with Crippen molar-refractivity contribution in [1.29, 1.82) is 0 Å². The van der Waals surface area contributed by atoms with Crippen molar-refractivity contribution in [3.05, 3.63) is 23.8 Å². The normalized spacial score (nSPS) is 16.1. The number of likely N-dealkylation sites (N-methyl/N-ethyl adjacent to an activating group) is 1. The number of nitrogens with zero attached hydrogens (tertiary/aromatic N) is 2. The molecule has 2 rings (SSSR count). The first-order valence-corrected chi connectivity index (χ1v) is 7.44. The van der Waals surface area contributed by atoms with E-state index >= 15 is 0 Å². The lowest BCUT2D eigenvalue weighted by Crippen LogP contribution is -2.42. The maximum atomic E-state index is 12.2. The molecule has 1 fully saturated rings. The van der Waals surface area contributed by atoms with Crippen LogP contribution < -0.4 is 5.73 Å². The molecule has 0 radical (unpaired) electrons. The fraction of sp³-hybridized carbons (Fsp3) is 0.500. The topological polar surface area (TPSA) is 58.8 Å². The minimum atomic E-state index is 0.103. The number of benzene rings is 1. The monoisotopic (exact) mass is 295 g/mol. The van der Waals surface area contributed by atoms with Crippen molar-refractivity contribution in [2.75, 3.05) is 45.6 Å². The largest absolute Gasteiger partial charge is 0.399 e. The number of carbonyl (C=O) groups is 1. The fourth-order valence-electron chi connectivity index (χ4n) is 1.96. The average molecular weight is 295 g/mol.